The first-order chi connectivity index (χ1) is 26.3. The van der Waals surface area contributed by atoms with Crippen molar-refractivity contribution in [3.05, 3.63) is 170 Å². The van der Waals surface area contributed by atoms with E-state index < -0.39 is 0 Å². The maximum absolute atomic E-state index is 5.77. The number of pyridine rings is 1. The number of fused-ring (bicyclic) bond motifs is 16. The molecule has 0 spiro atoms. The molecule has 0 atom stereocenters. The second kappa shape index (κ2) is 9.78. The van der Waals surface area contributed by atoms with Crippen molar-refractivity contribution >= 4 is 115 Å². The lowest BCUT2D eigenvalue weighted by atomic mass is 10.0. The van der Waals surface area contributed by atoms with E-state index in [2.05, 4.69) is 184 Å². The van der Waals surface area contributed by atoms with Crippen LogP contribution in [0.4, 0.5) is 17.1 Å². The number of rotatable bonds is 3. The zero-order valence-corrected chi connectivity index (χ0v) is 28.5. The Balaban J connectivity index is 1.27. The summed E-state index contributed by atoms with van der Waals surface area (Å²) in [5.41, 5.74) is 11.4. The Hall–Kier alpha value is -7.17. The zero-order chi connectivity index (χ0) is 34.4. The minimum absolute atomic E-state index is 0.987. The highest BCUT2D eigenvalue weighted by Crippen LogP contribution is 2.49. The van der Waals surface area contributed by atoms with E-state index >= 15 is 0 Å². The molecule has 13 rings (SSSR count). The van der Waals surface area contributed by atoms with E-state index in [1.165, 1.54) is 75.8 Å². The summed E-state index contributed by atoms with van der Waals surface area (Å²) in [6.07, 6.45) is 0. The van der Waals surface area contributed by atoms with Crippen molar-refractivity contribution in [2.45, 2.75) is 0 Å². The third-order valence-electron chi connectivity index (χ3n) is 11.7. The maximum Gasteiger partial charge on any atom is 0.146 e. The van der Waals surface area contributed by atoms with Crippen molar-refractivity contribution in [2.75, 3.05) is 4.90 Å². The van der Waals surface area contributed by atoms with E-state index in [0.29, 0.717) is 0 Å². The molecule has 0 aliphatic heterocycles. The summed E-state index contributed by atoms with van der Waals surface area (Å²) >= 11 is 0. The van der Waals surface area contributed by atoms with Gasteiger partial charge in [-0.15, -0.1) is 0 Å². The minimum atomic E-state index is 0.987. The molecule has 0 saturated heterocycles. The summed E-state index contributed by atoms with van der Waals surface area (Å²) in [6, 6.07) is 61.9. The van der Waals surface area contributed by atoms with Gasteiger partial charge in [-0.3, -0.25) is 4.40 Å². The number of anilines is 3. The second-order valence-corrected chi connectivity index (χ2v) is 14.3. The standard InChI is InChI=1S/C49H28N4/c1-3-15-31(16-4-1)51(32-17-5-2-6-18-32)41-24-12-22-36-39-27-30-14-8-9-19-33(30)43-40-28-42-44(50-49(40)53(47(36)41)48(39)43)38-23-11-21-35-37-26-25-29-13-7-10-20-34(29)45(37)52(42)46(35)38/h1-28H. The normalized spacial score (nSPS) is 12.5. The first-order valence-electron chi connectivity index (χ1n) is 18.2. The highest BCUT2D eigenvalue weighted by atomic mass is 15.2. The number of hydrogen-bond donors (Lipinski definition) is 0. The summed E-state index contributed by atoms with van der Waals surface area (Å²) < 4.78 is 4.97. The molecular weight excluding hydrogens is 645 g/mol. The Morgan fingerprint density at radius 1 is 0.377 bits per heavy atom. The van der Waals surface area contributed by atoms with Gasteiger partial charge >= 0.3 is 0 Å². The van der Waals surface area contributed by atoms with Gasteiger partial charge in [0.1, 0.15) is 5.65 Å². The van der Waals surface area contributed by atoms with Crippen LogP contribution in [0.3, 0.4) is 0 Å². The van der Waals surface area contributed by atoms with Gasteiger partial charge in [0.15, 0.2) is 0 Å². The van der Waals surface area contributed by atoms with Crippen molar-refractivity contribution in [1.29, 1.82) is 0 Å². The third-order valence-corrected chi connectivity index (χ3v) is 11.7. The second-order valence-electron chi connectivity index (χ2n) is 14.3. The van der Waals surface area contributed by atoms with Crippen molar-refractivity contribution in [3.8, 4) is 0 Å². The summed E-state index contributed by atoms with van der Waals surface area (Å²) in [5.74, 6) is 0. The number of nitrogens with zero attached hydrogens (tertiary/aromatic N) is 4. The zero-order valence-electron chi connectivity index (χ0n) is 28.5. The van der Waals surface area contributed by atoms with Gasteiger partial charge in [0, 0.05) is 54.5 Å². The summed E-state index contributed by atoms with van der Waals surface area (Å²) in [4.78, 5) is 8.16. The van der Waals surface area contributed by atoms with Crippen LogP contribution >= 0.6 is 0 Å². The number of aromatic nitrogens is 3. The average molecular weight is 673 g/mol. The Morgan fingerprint density at radius 2 is 0.981 bits per heavy atom. The predicted octanol–water partition coefficient (Wildman–Crippen LogP) is 13.2. The fourth-order valence-electron chi connectivity index (χ4n) is 9.59. The lowest BCUT2D eigenvalue weighted by Gasteiger charge is -2.26. The predicted molar refractivity (Wildman–Crippen MR) is 223 cm³/mol. The first-order valence-corrected chi connectivity index (χ1v) is 18.2. The quantitative estimate of drug-likeness (QED) is 0.187. The molecule has 0 bridgehead atoms. The van der Waals surface area contributed by atoms with Crippen LogP contribution in [-0.4, -0.2) is 13.8 Å². The van der Waals surface area contributed by atoms with Crippen LogP contribution in [0.2, 0.25) is 0 Å². The molecule has 0 radical (unpaired) electrons. The van der Waals surface area contributed by atoms with Crippen LogP contribution in [-0.2, 0) is 0 Å². The van der Waals surface area contributed by atoms with E-state index in [1.54, 1.807) is 0 Å². The van der Waals surface area contributed by atoms with E-state index in [4.69, 9.17) is 4.98 Å². The molecule has 5 heterocycles. The Kier molecular flexibility index (Phi) is 5.08. The molecule has 0 amide bonds. The molecule has 5 aromatic heterocycles. The van der Waals surface area contributed by atoms with Gasteiger partial charge in [0.25, 0.3) is 0 Å². The Bertz CT molecular complexity index is 3580. The summed E-state index contributed by atoms with van der Waals surface area (Å²) in [5, 5.41) is 13.6. The highest BCUT2D eigenvalue weighted by molar-refractivity contribution is 6.34. The minimum Gasteiger partial charge on any atom is -0.308 e. The van der Waals surface area contributed by atoms with Gasteiger partial charge in [-0.1, -0.05) is 127 Å². The van der Waals surface area contributed by atoms with Crippen LogP contribution in [0.1, 0.15) is 0 Å². The van der Waals surface area contributed by atoms with Gasteiger partial charge in [0.2, 0.25) is 0 Å². The first kappa shape index (κ1) is 27.5. The van der Waals surface area contributed by atoms with Gasteiger partial charge in [-0.25, -0.2) is 4.98 Å². The van der Waals surface area contributed by atoms with E-state index in [9.17, 15) is 0 Å². The van der Waals surface area contributed by atoms with E-state index in [-0.39, 0.29) is 0 Å². The SMILES string of the molecule is c1ccc(N(c2ccccc2)c2cccc3c4cc5ccccc5c5c6cc7c(nc6n(c23)c45)c2cccc3c4ccc5ccccc5c4n7c32)cc1. The van der Waals surface area contributed by atoms with E-state index in [0.717, 1.165) is 39.3 Å². The molecule has 0 aliphatic carbocycles. The smallest absolute Gasteiger partial charge is 0.146 e. The molecule has 244 valence electrons. The van der Waals surface area contributed by atoms with Crippen LogP contribution in [0.5, 0.6) is 0 Å². The monoisotopic (exact) mass is 672 g/mol. The topological polar surface area (TPSA) is 25.0 Å². The van der Waals surface area contributed by atoms with Crippen molar-refractivity contribution in [3.63, 3.8) is 0 Å². The largest absolute Gasteiger partial charge is 0.308 e. The lowest BCUT2D eigenvalue weighted by Crippen LogP contribution is -2.10. The highest BCUT2D eigenvalue weighted by Gasteiger charge is 2.27. The Morgan fingerprint density at radius 3 is 1.77 bits per heavy atom. The van der Waals surface area contributed by atoms with Gasteiger partial charge in [0.05, 0.1) is 38.8 Å². The molecule has 0 saturated carbocycles. The van der Waals surface area contributed by atoms with Gasteiger partial charge in [-0.2, -0.15) is 0 Å². The lowest BCUT2D eigenvalue weighted by molar-refractivity contribution is 1.25. The Labute approximate surface area is 302 Å². The molecule has 13 aromatic rings. The average Bonchev–Trinajstić information content (AvgIpc) is 3.94. The fraction of sp³-hybridized carbons (Fsp3) is 0. The molecule has 4 nitrogen and oxygen atoms in total. The maximum atomic E-state index is 5.77. The van der Waals surface area contributed by atoms with Crippen molar-refractivity contribution in [2.24, 2.45) is 0 Å². The van der Waals surface area contributed by atoms with Crippen LogP contribution in [0.15, 0.2) is 170 Å². The number of benzene rings is 8. The summed E-state index contributed by atoms with van der Waals surface area (Å²) in [7, 11) is 0. The molecule has 0 unspecified atom stereocenters. The van der Waals surface area contributed by atoms with Crippen LogP contribution in [0, 0.1) is 0 Å². The van der Waals surface area contributed by atoms with Crippen LogP contribution < -0.4 is 4.90 Å². The molecule has 8 aromatic carbocycles. The van der Waals surface area contributed by atoms with Crippen LogP contribution in [0.25, 0.3) is 98.0 Å². The molecule has 0 fully saturated rings. The third kappa shape index (κ3) is 3.39. The number of para-hydroxylation sites is 4. The van der Waals surface area contributed by atoms with Gasteiger partial charge in [-0.05, 0) is 58.6 Å². The molecule has 0 aliphatic rings. The number of hydrogen-bond acceptors (Lipinski definition) is 2. The molecular formula is C49H28N4. The molecule has 0 N–H and O–H groups in total. The fourth-order valence-corrected chi connectivity index (χ4v) is 9.59. The summed E-state index contributed by atoms with van der Waals surface area (Å²) in [6.45, 7) is 0. The molecule has 53 heavy (non-hydrogen) atoms. The molecule has 4 heteroatoms. The van der Waals surface area contributed by atoms with Crippen molar-refractivity contribution < 1.29 is 0 Å². The van der Waals surface area contributed by atoms with Crippen molar-refractivity contribution in [1.82, 2.24) is 13.8 Å². The van der Waals surface area contributed by atoms with E-state index in [1.807, 2.05) is 0 Å². The van der Waals surface area contributed by atoms with Gasteiger partial charge < -0.3 is 9.30 Å².